The van der Waals surface area contributed by atoms with Gasteiger partial charge >= 0.3 is 0 Å². The summed E-state index contributed by atoms with van der Waals surface area (Å²) in [5.41, 5.74) is 3.46. The van der Waals surface area contributed by atoms with Crippen molar-refractivity contribution >= 4 is 29.2 Å². The van der Waals surface area contributed by atoms with Crippen molar-refractivity contribution in [2.24, 2.45) is 0 Å². The number of benzene rings is 1. The van der Waals surface area contributed by atoms with Crippen LogP contribution in [0.15, 0.2) is 30.3 Å². The highest BCUT2D eigenvalue weighted by Crippen LogP contribution is 2.31. The van der Waals surface area contributed by atoms with Crippen molar-refractivity contribution in [1.82, 2.24) is 19.7 Å². The average molecular weight is 514 g/mol. The summed E-state index contributed by atoms with van der Waals surface area (Å²) in [5.74, 6) is 0.0287. The van der Waals surface area contributed by atoms with E-state index in [0.717, 1.165) is 43.1 Å². The number of amides is 2. The quantitative estimate of drug-likeness (QED) is 0.615. The fourth-order valence-corrected chi connectivity index (χ4v) is 5.46. The van der Waals surface area contributed by atoms with Crippen molar-refractivity contribution in [3.05, 3.63) is 57.7 Å². The SMILES string of the molecule is Cc1cc(C(=O)N(C)C)cc(NC(=O)[C@H]2CCC(O)N2C2CCN(Cc3ccc(Cl)c(C)c3)CC2)n1. The lowest BCUT2D eigenvalue weighted by Gasteiger charge is -2.40. The van der Waals surface area contributed by atoms with Gasteiger partial charge in [0.25, 0.3) is 5.91 Å². The van der Waals surface area contributed by atoms with Crippen molar-refractivity contribution in [3.8, 4) is 0 Å². The van der Waals surface area contributed by atoms with Crippen LogP contribution in [0.1, 0.15) is 52.9 Å². The molecule has 1 aromatic carbocycles. The summed E-state index contributed by atoms with van der Waals surface area (Å²) in [6.07, 6.45) is 2.29. The normalized spacial score (nSPS) is 21.5. The third-order valence-corrected chi connectivity index (χ3v) is 7.59. The number of rotatable bonds is 6. The van der Waals surface area contributed by atoms with E-state index < -0.39 is 12.3 Å². The zero-order valence-electron chi connectivity index (χ0n) is 21.5. The molecule has 0 radical (unpaired) electrons. The van der Waals surface area contributed by atoms with E-state index in [9.17, 15) is 14.7 Å². The van der Waals surface area contributed by atoms with Gasteiger partial charge in [0.2, 0.25) is 5.91 Å². The lowest BCUT2D eigenvalue weighted by molar-refractivity contribution is -0.125. The Morgan fingerprint density at radius 3 is 2.50 bits per heavy atom. The second-order valence-electron chi connectivity index (χ2n) is 10.2. The van der Waals surface area contributed by atoms with E-state index >= 15 is 0 Å². The molecule has 0 saturated carbocycles. The van der Waals surface area contributed by atoms with Crippen LogP contribution in [0.25, 0.3) is 0 Å². The first-order valence-corrected chi connectivity index (χ1v) is 12.9. The lowest BCUT2D eigenvalue weighted by atomic mass is 10.0. The van der Waals surface area contributed by atoms with Gasteiger partial charge in [-0.25, -0.2) is 4.98 Å². The molecule has 36 heavy (non-hydrogen) atoms. The molecule has 2 aromatic rings. The average Bonchev–Trinajstić information content (AvgIpc) is 3.22. The Morgan fingerprint density at radius 2 is 1.83 bits per heavy atom. The molecule has 1 aromatic heterocycles. The number of carbonyl (C=O) groups excluding carboxylic acids is 2. The highest BCUT2D eigenvalue weighted by atomic mass is 35.5. The third kappa shape index (κ3) is 6.06. The van der Waals surface area contributed by atoms with Crippen LogP contribution in [0.5, 0.6) is 0 Å². The molecule has 1 unspecified atom stereocenters. The largest absolute Gasteiger partial charge is 0.378 e. The summed E-state index contributed by atoms with van der Waals surface area (Å²) in [7, 11) is 3.38. The van der Waals surface area contributed by atoms with Gasteiger partial charge in [0.05, 0.1) is 6.04 Å². The standard InChI is InChI=1S/C27H36ClN5O3/c1-17-13-19(5-6-22(17)28)16-32-11-9-21(10-12-32)33-23(7-8-25(33)34)26(35)30-24-15-20(14-18(2)29-24)27(36)31(3)4/h5-6,13-15,21,23,25,34H,7-12,16H2,1-4H3,(H,29,30,35)/t23-,25?/m1/s1. The molecular formula is C27H36ClN5O3. The zero-order chi connectivity index (χ0) is 26.0. The van der Waals surface area contributed by atoms with E-state index in [-0.39, 0.29) is 17.9 Å². The predicted molar refractivity (Wildman–Crippen MR) is 141 cm³/mol. The highest BCUT2D eigenvalue weighted by Gasteiger charge is 2.42. The molecule has 2 N–H and O–H groups in total. The van der Waals surface area contributed by atoms with Gasteiger partial charge in [-0.1, -0.05) is 23.7 Å². The number of nitrogens with zero attached hydrogens (tertiary/aromatic N) is 4. The molecule has 0 bridgehead atoms. The molecule has 9 heteroatoms. The number of anilines is 1. The number of aromatic nitrogens is 1. The van der Waals surface area contributed by atoms with Crippen molar-refractivity contribution in [3.63, 3.8) is 0 Å². The van der Waals surface area contributed by atoms with Crippen molar-refractivity contribution in [2.45, 2.75) is 64.4 Å². The van der Waals surface area contributed by atoms with Gasteiger partial charge in [-0.2, -0.15) is 0 Å². The summed E-state index contributed by atoms with van der Waals surface area (Å²) in [5, 5.41) is 14.4. The number of aliphatic hydroxyl groups excluding tert-OH is 1. The minimum Gasteiger partial charge on any atom is -0.378 e. The van der Waals surface area contributed by atoms with Crippen LogP contribution in [0.3, 0.4) is 0 Å². The van der Waals surface area contributed by atoms with Gasteiger partial charge in [-0.15, -0.1) is 0 Å². The van der Waals surface area contributed by atoms with E-state index in [2.05, 4.69) is 27.3 Å². The van der Waals surface area contributed by atoms with Crippen LogP contribution >= 0.6 is 11.6 Å². The van der Waals surface area contributed by atoms with Crippen LogP contribution in [0.4, 0.5) is 5.82 Å². The summed E-state index contributed by atoms with van der Waals surface area (Å²) >= 11 is 6.16. The molecular weight excluding hydrogens is 478 g/mol. The summed E-state index contributed by atoms with van der Waals surface area (Å²) in [6.45, 7) is 6.49. The monoisotopic (exact) mass is 513 g/mol. The summed E-state index contributed by atoms with van der Waals surface area (Å²) < 4.78 is 0. The number of nitrogens with one attached hydrogen (secondary N) is 1. The van der Waals surface area contributed by atoms with Crippen molar-refractivity contribution < 1.29 is 14.7 Å². The van der Waals surface area contributed by atoms with Gasteiger partial charge in [0, 0.05) is 43.0 Å². The Balaban J connectivity index is 1.39. The van der Waals surface area contributed by atoms with Crippen LogP contribution in [0.2, 0.25) is 5.02 Å². The Labute approximate surface area is 218 Å². The van der Waals surface area contributed by atoms with Crippen molar-refractivity contribution in [1.29, 1.82) is 0 Å². The maximum Gasteiger partial charge on any atom is 0.253 e. The number of likely N-dealkylation sites (tertiary alicyclic amines) is 2. The Kier molecular flexibility index (Phi) is 8.30. The molecule has 2 saturated heterocycles. The van der Waals surface area contributed by atoms with Gasteiger partial charge in [0.1, 0.15) is 12.0 Å². The molecule has 2 atom stereocenters. The lowest BCUT2D eigenvalue weighted by Crippen LogP contribution is -2.52. The molecule has 2 aliphatic rings. The maximum atomic E-state index is 13.3. The van der Waals surface area contributed by atoms with E-state index in [1.165, 1.54) is 10.5 Å². The summed E-state index contributed by atoms with van der Waals surface area (Å²) in [6, 6.07) is 9.19. The number of aliphatic hydroxyl groups is 1. The van der Waals surface area contributed by atoms with Crippen molar-refractivity contribution in [2.75, 3.05) is 32.5 Å². The Morgan fingerprint density at radius 1 is 1.11 bits per heavy atom. The molecule has 2 amide bonds. The van der Waals surface area contributed by atoms with E-state index in [1.54, 1.807) is 33.2 Å². The van der Waals surface area contributed by atoms with Gasteiger partial charge in [0.15, 0.2) is 0 Å². The second kappa shape index (κ2) is 11.3. The first kappa shape index (κ1) is 26.5. The molecule has 2 fully saturated rings. The number of piperidine rings is 1. The van der Waals surface area contributed by atoms with Crippen LogP contribution in [-0.4, -0.2) is 82.1 Å². The molecule has 194 valence electrons. The Bertz CT molecular complexity index is 1120. The van der Waals surface area contributed by atoms with Gasteiger partial charge in [-0.3, -0.25) is 19.4 Å². The number of hydrogen-bond acceptors (Lipinski definition) is 6. The molecule has 3 heterocycles. The fraction of sp³-hybridized carbons (Fsp3) is 0.519. The van der Waals surface area contributed by atoms with E-state index in [0.29, 0.717) is 29.9 Å². The summed E-state index contributed by atoms with van der Waals surface area (Å²) in [4.78, 5) is 36.0. The maximum absolute atomic E-state index is 13.3. The Hall–Kier alpha value is -2.52. The van der Waals surface area contributed by atoms with E-state index in [4.69, 9.17) is 11.6 Å². The molecule has 0 spiro atoms. The number of hydrogen-bond donors (Lipinski definition) is 2. The zero-order valence-corrected chi connectivity index (χ0v) is 22.3. The third-order valence-electron chi connectivity index (χ3n) is 7.17. The first-order chi connectivity index (χ1) is 17.1. The fourth-order valence-electron chi connectivity index (χ4n) is 5.34. The van der Waals surface area contributed by atoms with Gasteiger partial charge in [-0.05, 0) is 81.9 Å². The molecule has 4 rings (SSSR count). The first-order valence-electron chi connectivity index (χ1n) is 12.6. The van der Waals surface area contributed by atoms with Crippen LogP contribution in [0, 0.1) is 13.8 Å². The van der Waals surface area contributed by atoms with Crippen LogP contribution in [-0.2, 0) is 11.3 Å². The molecule has 8 nitrogen and oxygen atoms in total. The smallest absolute Gasteiger partial charge is 0.253 e. The predicted octanol–water partition coefficient (Wildman–Crippen LogP) is 3.44. The minimum atomic E-state index is -0.632. The second-order valence-corrected chi connectivity index (χ2v) is 10.6. The topological polar surface area (TPSA) is 89.0 Å². The highest BCUT2D eigenvalue weighted by molar-refractivity contribution is 6.31. The number of halogens is 1. The number of pyridine rings is 1. The number of carbonyl (C=O) groups is 2. The minimum absolute atomic E-state index is 0.137. The van der Waals surface area contributed by atoms with Crippen LogP contribution < -0.4 is 5.32 Å². The van der Waals surface area contributed by atoms with E-state index in [1.807, 2.05) is 17.9 Å². The molecule has 0 aliphatic carbocycles. The number of aryl methyl sites for hydroxylation is 2. The van der Waals surface area contributed by atoms with Gasteiger partial charge < -0.3 is 15.3 Å². The molecule has 2 aliphatic heterocycles.